The van der Waals surface area contributed by atoms with Gasteiger partial charge in [0.05, 0.1) is 4.90 Å². The molecule has 0 atom stereocenters. The highest BCUT2D eigenvalue weighted by Gasteiger charge is 2.29. The maximum absolute atomic E-state index is 13.0. The van der Waals surface area contributed by atoms with E-state index in [9.17, 15) is 21.6 Å². The molecule has 0 saturated heterocycles. The highest BCUT2D eigenvalue weighted by Crippen LogP contribution is 2.31. The number of ether oxygens (including phenoxy) is 1. The minimum Gasteiger partial charge on any atom is -0.444 e. The van der Waals surface area contributed by atoms with Crippen LogP contribution in [0, 0.1) is 0 Å². The van der Waals surface area contributed by atoms with Crippen molar-refractivity contribution >= 4 is 36.7 Å². The number of carbonyl (C=O) groups is 1. The summed E-state index contributed by atoms with van der Waals surface area (Å²) in [6, 6.07) is 10.6. The van der Waals surface area contributed by atoms with Crippen molar-refractivity contribution in [2.45, 2.75) is 34.5 Å². The van der Waals surface area contributed by atoms with Gasteiger partial charge in [0.25, 0.3) is 5.91 Å². The van der Waals surface area contributed by atoms with E-state index >= 15 is 0 Å². The zero-order chi connectivity index (χ0) is 22.3. The molecule has 0 fully saturated rings. The highest BCUT2D eigenvalue weighted by molar-refractivity contribution is 7.93. The summed E-state index contributed by atoms with van der Waals surface area (Å²) in [7, 11) is -7.15. The molecule has 1 aromatic heterocycles. The zero-order valence-corrected chi connectivity index (χ0v) is 18.0. The Morgan fingerprint density at radius 1 is 1.03 bits per heavy atom. The fourth-order valence-electron chi connectivity index (χ4n) is 2.70. The summed E-state index contributed by atoms with van der Waals surface area (Å²) >= 11 is 0. The molecule has 2 aromatic carbocycles. The molecular formula is C19H20N2O7S2. The van der Waals surface area contributed by atoms with Gasteiger partial charge in [-0.2, -0.15) is 0 Å². The smallest absolute Gasteiger partial charge is 0.253 e. The monoisotopic (exact) mass is 452 g/mol. The number of benzene rings is 2. The number of methoxy groups -OCH3 is 1. The van der Waals surface area contributed by atoms with E-state index in [0.717, 1.165) is 12.1 Å². The van der Waals surface area contributed by atoms with Crippen LogP contribution in [-0.2, 0) is 24.6 Å². The molecular weight excluding hydrogens is 432 g/mol. The Morgan fingerprint density at radius 2 is 1.67 bits per heavy atom. The SMILES string of the molecule is COC(C)(C)NC(=O)c1ccc2oc(S(=O)(=O)c3ccccc3S(N)(=O)=O)cc2c1. The van der Waals surface area contributed by atoms with Gasteiger partial charge in [0, 0.05) is 24.1 Å². The second-order valence-electron chi connectivity index (χ2n) is 6.98. The minimum atomic E-state index is -4.33. The predicted molar refractivity (Wildman–Crippen MR) is 108 cm³/mol. The molecule has 0 aliphatic rings. The number of amides is 1. The van der Waals surface area contributed by atoms with Gasteiger partial charge in [0.15, 0.2) is 0 Å². The van der Waals surface area contributed by atoms with Crippen molar-refractivity contribution in [1.82, 2.24) is 5.32 Å². The van der Waals surface area contributed by atoms with Gasteiger partial charge in [0.1, 0.15) is 16.2 Å². The number of carbonyl (C=O) groups excluding carboxylic acids is 1. The van der Waals surface area contributed by atoms with Gasteiger partial charge in [0.2, 0.25) is 25.0 Å². The number of rotatable bonds is 6. The second-order valence-corrected chi connectivity index (χ2v) is 10.4. The third-order valence-electron chi connectivity index (χ3n) is 4.39. The molecule has 0 saturated carbocycles. The molecule has 160 valence electrons. The molecule has 11 heteroatoms. The first-order valence-corrected chi connectivity index (χ1v) is 11.7. The van der Waals surface area contributed by atoms with Gasteiger partial charge >= 0.3 is 0 Å². The van der Waals surface area contributed by atoms with Crippen molar-refractivity contribution < 1.29 is 30.8 Å². The molecule has 0 aliphatic carbocycles. The maximum Gasteiger partial charge on any atom is 0.253 e. The lowest BCUT2D eigenvalue weighted by Gasteiger charge is -2.24. The van der Waals surface area contributed by atoms with Crippen LogP contribution < -0.4 is 10.5 Å². The fourth-order valence-corrected chi connectivity index (χ4v) is 5.29. The first kappa shape index (κ1) is 22.0. The molecule has 1 amide bonds. The van der Waals surface area contributed by atoms with Crippen LogP contribution in [0.2, 0.25) is 0 Å². The van der Waals surface area contributed by atoms with E-state index in [4.69, 9.17) is 14.3 Å². The Kier molecular flexibility index (Phi) is 5.50. The van der Waals surface area contributed by atoms with Crippen LogP contribution >= 0.6 is 0 Å². The summed E-state index contributed by atoms with van der Waals surface area (Å²) in [5.74, 6) is -0.422. The van der Waals surface area contributed by atoms with Crippen LogP contribution in [0.15, 0.2) is 67.8 Å². The van der Waals surface area contributed by atoms with Crippen LogP contribution in [0.5, 0.6) is 0 Å². The van der Waals surface area contributed by atoms with Gasteiger partial charge in [-0.15, -0.1) is 0 Å². The van der Waals surface area contributed by atoms with Crippen molar-refractivity contribution in [2.24, 2.45) is 5.14 Å². The van der Waals surface area contributed by atoms with Crippen molar-refractivity contribution in [3.05, 3.63) is 54.1 Å². The molecule has 3 N–H and O–H groups in total. The summed E-state index contributed by atoms with van der Waals surface area (Å²) < 4.78 is 60.2. The van der Waals surface area contributed by atoms with Crippen LogP contribution in [0.25, 0.3) is 11.0 Å². The lowest BCUT2D eigenvalue weighted by atomic mass is 10.1. The minimum absolute atomic E-state index is 0.212. The van der Waals surface area contributed by atoms with Crippen LogP contribution in [0.1, 0.15) is 24.2 Å². The summed E-state index contributed by atoms with van der Waals surface area (Å²) in [4.78, 5) is 11.4. The Morgan fingerprint density at radius 3 is 2.27 bits per heavy atom. The Hall–Kier alpha value is -2.73. The van der Waals surface area contributed by atoms with Crippen LogP contribution in [0.3, 0.4) is 0 Å². The highest BCUT2D eigenvalue weighted by atomic mass is 32.2. The van der Waals surface area contributed by atoms with Gasteiger partial charge in [-0.3, -0.25) is 4.79 Å². The van der Waals surface area contributed by atoms with E-state index in [-0.39, 0.29) is 11.1 Å². The number of nitrogens with one attached hydrogen (secondary N) is 1. The Balaban J connectivity index is 2.06. The van der Waals surface area contributed by atoms with E-state index in [1.54, 1.807) is 13.8 Å². The van der Waals surface area contributed by atoms with Gasteiger partial charge in [-0.25, -0.2) is 22.0 Å². The Bertz CT molecular complexity index is 1340. The zero-order valence-electron chi connectivity index (χ0n) is 16.4. The van der Waals surface area contributed by atoms with E-state index in [1.165, 1.54) is 43.5 Å². The first-order chi connectivity index (χ1) is 13.8. The Labute approximate surface area is 173 Å². The summed E-state index contributed by atoms with van der Waals surface area (Å²) in [5.41, 5.74) is -0.416. The number of nitrogens with two attached hydrogens (primary N) is 1. The van der Waals surface area contributed by atoms with Gasteiger partial charge in [-0.1, -0.05) is 12.1 Å². The van der Waals surface area contributed by atoms with E-state index in [1.807, 2.05) is 0 Å². The van der Waals surface area contributed by atoms with E-state index < -0.39 is 46.4 Å². The molecule has 0 bridgehead atoms. The molecule has 0 unspecified atom stereocenters. The molecule has 30 heavy (non-hydrogen) atoms. The molecule has 3 aromatic rings. The van der Waals surface area contributed by atoms with Crippen LogP contribution in [0.4, 0.5) is 0 Å². The lowest BCUT2D eigenvalue weighted by Crippen LogP contribution is -2.44. The molecule has 3 rings (SSSR count). The molecule has 0 radical (unpaired) electrons. The van der Waals surface area contributed by atoms with Crippen molar-refractivity contribution in [3.8, 4) is 0 Å². The van der Waals surface area contributed by atoms with Gasteiger partial charge in [-0.05, 0) is 44.2 Å². The number of sulfonamides is 1. The number of fused-ring (bicyclic) bond motifs is 1. The topological polar surface area (TPSA) is 146 Å². The van der Waals surface area contributed by atoms with Gasteiger partial charge < -0.3 is 14.5 Å². The normalized spacial score (nSPS) is 12.8. The summed E-state index contributed by atoms with van der Waals surface area (Å²) in [6.45, 7) is 3.35. The largest absolute Gasteiger partial charge is 0.444 e. The molecule has 0 spiro atoms. The van der Waals surface area contributed by atoms with E-state index in [2.05, 4.69) is 5.32 Å². The third-order valence-corrected chi connectivity index (χ3v) is 7.15. The van der Waals surface area contributed by atoms with Crippen LogP contribution in [-0.4, -0.2) is 35.6 Å². The fraction of sp³-hybridized carbons (Fsp3) is 0.211. The third kappa shape index (κ3) is 4.24. The summed E-state index contributed by atoms with van der Waals surface area (Å²) in [6.07, 6.45) is 0. The number of hydrogen-bond acceptors (Lipinski definition) is 7. The number of sulfone groups is 1. The molecule has 9 nitrogen and oxygen atoms in total. The lowest BCUT2D eigenvalue weighted by molar-refractivity contribution is -0.00347. The average molecular weight is 453 g/mol. The van der Waals surface area contributed by atoms with Crippen molar-refractivity contribution in [3.63, 3.8) is 0 Å². The predicted octanol–water partition coefficient (Wildman–Crippen LogP) is 2.03. The second kappa shape index (κ2) is 7.51. The van der Waals surface area contributed by atoms with E-state index in [0.29, 0.717) is 5.39 Å². The molecule has 1 heterocycles. The molecule has 0 aliphatic heterocycles. The number of furan rings is 1. The quantitative estimate of drug-likeness (QED) is 0.544. The maximum atomic E-state index is 13.0. The number of primary sulfonamides is 1. The average Bonchev–Trinajstić information content (AvgIpc) is 3.11. The number of hydrogen-bond donors (Lipinski definition) is 2. The summed E-state index contributed by atoms with van der Waals surface area (Å²) in [5, 5.41) is 7.71. The first-order valence-electron chi connectivity index (χ1n) is 8.63. The van der Waals surface area contributed by atoms with Crippen molar-refractivity contribution in [2.75, 3.05) is 7.11 Å². The standard InChI is InChI=1S/C19H20N2O7S2/c1-19(2,27-3)21-18(22)12-8-9-14-13(10-12)11-17(28-14)29(23,24)15-6-4-5-7-16(15)30(20,25)26/h4-11H,1-3H3,(H,21,22)(H2,20,25,26). The van der Waals surface area contributed by atoms with Crippen molar-refractivity contribution in [1.29, 1.82) is 0 Å².